The van der Waals surface area contributed by atoms with Crippen molar-refractivity contribution in [3.63, 3.8) is 0 Å². The summed E-state index contributed by atoms with van der Waals surface area (Å²) in [5.74, 6) is 0. The molecule has 0 saturated heterocycles. The quantitative estimate of drug-likeness (QED) is 0.667. The first-order valence-electron chi connectivity index (χ1n) is 1.15. The topological polar surface area (TPSA) is 40.7 Å². The van der Waals surface area contributed by atoms with Crippen LogP contribution in [0.25, 0.3) is 0 Å². The van der Waals surface area contributed by atoms with Crippen molar-refractivity contribution in [2.75, 3.05) is 6.61 Å². The van der Waals surface area contributed by atoms with Crippen LogP contribution in [0.2, 0.25) is 0 Å². The Morgan fingerprint density at radius 3 is 1.83 bits per heavy atom. The molecule has 0 bridgehead atoms. The maximum atomic E-state index is 4.69. The minimum atomic E-state index is 0. The van der Waals surface area contributed by atoms with Crippen LogP contribution in [0.4, 0.5) is 0 Å². The summed E-state index contributed by atoms with van der Waals surface area (Å²) in [5.41, 5.74) is 0. The minimum absolute atomic E-state index is 0. The normalized spacial score (nSPS) is 5.00. The predicted molar refractivity (Wildman–Crippen MR) is 21.1 cm³/mol. The third-order valence-corrected chi connectivity index (χ3v) is 0.327. The fourth-order valence-corrected chi connectivity index (χ4v) is 0. The Bertz CT molecular complexity index is 13.5. The molecular weight excluding hydrogens is 249 g/mol. The van der Waals surface area contributed by atoms with Gasteiger partial charge in [0.1, 0.15) is 0 Å². The summed E-state index contributed by atoms with van der Waals surface area (Å²) in [4.78, 5) is 0. The number of hydrogen-bond donors (Lipinski definition) is 0. The van der Waals surface area contributed by atoms with Crippen molar-refractivity contribution in [3.8, 4) is 0 Å². The van der Waals surface area contributed by atoms with Gasteiger partial charge < -0.3 is 5.48 Å². The molecule has 0 fully saturated rings. The Balaban J connectivity index is -0.0000000450. The van der Waals surface area contributed by atoms with Gasteiger partial charge in [0.2, 0.25) is 0 Å². The van der Waals surface area contributed by atoms with E-state index < -0.39 is 0 Å². The molecule has 0 aliphatic carbocycles. The van der Waals surface area contributed by atoms with Crippen molar-refractivity contribution in [2.45, 2.75) is 6.92 Å². The average molecular weight is 256 g/mol. The van der Waals surface area contributed by atoms with Gasteiger partial charge in [0.15, 0.2) is 0 Å². The zero-order valence-electron chi connectivity index (χ0n) is 3.35. The summed E-state index contributed by atoms with van der Waals surface area (Å²) >= 11 is 4.69. The summed E-state index contributed by atoms with van der Waals surface area (Å²) < 4.78 is 4.01. The fraction of sp³-hybridized carbons (Fsp3) is 1.00. The number of hydrogen-bond acceptors (Lipinski definition) is 1. The van der Waals surface area contributed by atoms with Gasteiger partial charge in [0.05, 0.1) is 18.5 Å². The Morgan fingerprint density at radius 1 is 1.67 bits per heavy atom. The molecule has 0 amide bonds. The largest absolute Gasteiger partial charge is 0.412 e. The van der Waals surface area contributed by atoms with Crippen LogP contribution in [-0.4, -0.2) is 12.1 Å². The van der Waals surface area contributed by atoms with Crippen molar-refractivity contribution in [1.82, 2.24) is 0 Å². The zero-order valence-corrected chi connectivity index (χ0v) is 6.37. The van der Waals surface area contributed by atoms with Gasteiger partial charge in [-0.2, -0.15) is 0 Å². The second-order valence-electron chi connectivity index (χ2n) is 0.398. The first-order valence-corrected chi connectivity index (χ1v) is 1.46. The third kappa shape index (κ3) is 17.7. The Hall–Kier alpha value is 1.53. The summed E-state index contributed by atoms with van der Waals surface area (Å²) in [6, 6.07) is 0. The van der Waals surface area contributed by atoms with Crippen LogP contribution < -0.4 is 0 Å². The fourth-order valence-electron chi connectivity index (χ4n) is 0. The summed E-state index contributed by atoms with van der Waals surface area (Å²) in [6.45, 7) is 2.41. The molecule has 0 radical (unpaired) electrons. The molecule has 0 aliphatic rings. The van der Waals surface area contributed by atoms with Gasteiger partial charge in [0, 0.05) is 39.9 Å². The van der Waals surface area contributed by atoms with Gasteiger partial charge in [-0.1, -0.05) is 0 Å². The minimum Gasteiger partial charge on any atom is -0.412 e. The van der Waals surface area contributed by atoms with E-state index in [1.807, 2.05) is 6.92 Å². The van der Waals surface area contributed by atoms with Gasteiger partial charge in [-0.05, 0) is 6.92 Å². The maximum absolute atomic E-state index is 4.69. The van der Waals surface area contributed by atoms with Crippen LogP contribution in [0.15, 0.2) is 0 Å². The Morgan fingerprint density at radius 2 is 1.83 bits per heavy atom. The molecule has 0 heterocycles. The van der Waals surface area contributed by atoms with E-state index in [-0.39, 0.29) is 45.4 Å². The van der Waals surface area contributed by atoms with Gasteiger partial charge in [-0.3, -0.25) is 4.29 Å². The van der Waals surface area contributed by atoms with Crippen molar-refractivity contribution in [1.29, 1.82) is 0 Å². The molecule has 0 saturated carbocycles. The second-order valence-corrected chi connectivity index (χ2v) is 0.616. The monoisotopic (exact) mass is 256 g/mol. The summed E-state index contributed by atoms with van der Waals surface area (Å²) in [6.07, 6.45) is 0. The number of halogens is 1. The van der Waals surface area contributed by atoms with Gasteiger partial charge in [-0.15, -0.1) is 0 Å². The zero-order chi connectivity index (χ0) is 3.41. The molecule has 0 atom stereocenters. The molecule has 2 N–H and O–H groups in total. The van der Waals surface area contributed by atoms with Crippen molar-refractivity contribution in [2.24, 2.45) is 0 Å². The molecule has 6 heavy (non-hydrogen) atoms. The van der Waals surface area contributed by atoms with E-state index in [2.05, 4.69) is 16.2 Å². The molecule has 0 aromatic carbocycles. The van der Waals surface area contributed by atoms with Gasteiger partial charge in [-0.25, -0.2) is 0 Å². The molecule has 0 spiro atoms. The SMILES string of the molecule is CCOCl.O.[Gd]. The molecule has 0 rings (SSSR count). The van der Waals surface area contributed by atoms with Crippen LogP contribution in [0.1, 0.15) is 6.92 Å². The van der Waals surface area contributed by atoms with Crippen LogP contribution in [0, 0.1) is 39.9 Å². The van der Waals surface area contributed by atoms with Crippen molar-refractivity contribution >= 4 is 11.9 Å². The number of rotatable bonds is 1. The molecular formula is C2H7ClGdO2. The predicted octanol–water partition coefficient (Wildman–Crippen LogP) is 0.352. The third-order valence-electron chi connectivity index (χ3n) is 0.109. The van der Waals surface area contributed by atoms with E-state index in [1.54, 1.807) is 0 Å². The first kappa shape index (κ1) is 15.6. The summed E-state index contributed by atoms with van der Waals surface area (Å²) in [5, 5.41) is 0. The van der Waals surface area contributed by atoms with Gasteiger partial charge in [0.25, 0.3) is 0 Å². The molecule has 42 valence electrons. The van der Waals surface area contributed by atoms with E-state index in [0.29, 0.717) is 6.61 Å². The molecule has 0 unspecified atom stereocenters. The molecule has 0 aliphatic heterocycles. The maximum Gasteiger partial charge on any atom is 0.0654 e. The Labute approximate surface area is 74.4 Å². The molecule has 2 nitrogen and oxygen atoms in total. The Kier molecular flexibility index (Phi) is 41.8. The summed E-state index contributed by atoms with van der Waals surface area (Å²) in [7, 11) is 0. The second kappa shape index (κ2) is 16.0. The average Bonchev–Trinajstić information content (AvgIpc) is 1.37. The van der Waals surface area contributed by atoms with E-state index in [4.69, 9.17) is 0 Å². The van der Waals surface area contributed by atoms with Gasteiger partial charge >= 0.3 is 0 Å². The first-order chi connectivity index (χ1) is 1.91. The van der Waals surface area contributed by atoms with E-state index in [0.717, 1.165) is 0 Å². The van der Waals surface area contributed by atoms with Crippen LogP contribution >= 0.6 is 11.9 Å². The van der Waals surface area contributed by atoms with Crippen LogP contribution in [0.3, 0.4) is 0 Å². The smallest absolute Gasteiger partial charge is 0.0654 e. The standard InChI is InChI=1S/C2H5ClO.Gd.H2O/c1-2-4-3;;/h2H2,1H3;;1H2. The van der Waals surface area contributed by atoms with Crippen molar-refractivity contribution in [3.05, 3.63) is 0 Å². The van der Waals surface area contributed by atoms with E-state index in [9.17, 15) is 0 Å². The molecule has 4 heteroatoms. The van der Waals surface area contributed by atoms with Crippen molar-refractivity contribution < 1.29 is 49.7 Å². The van der Waals surface area contributed by atoms with E-state index in [1.165, 1.54) is 0 Å². The van der Waals surface area contributed by atoms with E-state index >= 15 is 0 Å². The van der Waals surface area contributed by atoms with Crippen LogP contribution in [0.5, 0.6) is 0 Å². The molecule has 0 aromatic rings. The molecule has 0 aromatic heterocycles. The van der Waals surface area contributed by atoms with Crippen LogP contribution in [-0.2, 0) is 4.29 Å².